The van der Waals surface area contributed by atoms with Crippen molar-refractivity contribution in [3.63, 3.8) is 0 Å². The molecule has 200 valence electrons. The third-order valence-corrected chi connectivity index (χ3v) is 6.40. The van der Waals surface area contributed by atoms with Crippen molar-refractivity contribution in [2.24, 2.45) is 5.92 Å². The maximum absolute atomic E-state index is 14.1. The van der Waals surface area contributed by atoms with Crippen LogP contribution in [0.4, 0.5) is 10.1 Å². The van der Waals surface area contributed by atoms with Gasteiger partial charge in [-0.3, -0.25) is 4.79 Å². The normalized spacial score (nSPS) is 16.2. The number of phenolic OH excluding ortho intramolecular Hbond substituents is 1. The predicted molar refractivity (Wildman–Crippen MR) is 142 cm³/mol. The van der Waals surface area contributed by atoms with Crippen LogP contribution in [-0.4, -0.2) is 52.5 Å². The van der Waals surface area contributed by atoms with Gasteiger partial charge in [-0.05, 0) is 48.4 Å². The number of benzene rings is 3. The molecule has 2 N–H and O–H groups in total. The largest absolute Gasteiger partial charge is 0.504 e. The lowest BCUT2D eigenvalue weighted by atomic mass is 10.1. The molecule has 3 aromatic carbocycles. The van der Waals surface area contributed by atoms with E-state index < -0.39 is 5.82 Å². The molecule has 1 saturated carbocycles. The number of carbonyl (C=O) groups excluding carboxylic acids is 1. The molecule has 2 unspecified atom stereocenters. The summed E-state index contributed by atoms with van der Waals surface area (Å²) in [7, 11) is 7.46. The Morgan fingerprint density at radius 3 is 2.11 bits per heavy atom. The van der Waals surface area contributed by atoms with Gasteiger partial charge in [0.1, 0.15) is 0 Å². The molecule has 0 aliphatic heterocycles. The number of halogens is 1. The van der Waals surface area contributed by atoms with E-state index in [0.717, 1.165) is 5.56 Å². The minimum absolute atomic E-state index is 0.0280. The average Bonchev–Trinajstić information content (AvgIpc) is 3.70. The van der Waals surface area contributed by atoms with Crippen LogP contribution in [0.15, 0.2) is 42.5 Å². The Morgan fingerprint density at radius 1 is 0.868 bits per heavy atom. The van der Waals surface area contributed by atoms with Crippen LogP contribution in [0, 0.1) is 11.7 Å². The fourth-order valence-electron chi connectivity index (χ4n) is 4.27. The second kappa shape index (κ2) is 11.3. The molecule has 0 aromatic heterocycles. The Hall–Kier alpha value is -4.40. The summed E-state index contributed by atoms with van der Waals surface area (Å²) in [4.78, 5) is 12.9. The third-order valence-electron chi connectivity index (χ3n) is 6.40. The van der Waals surface area contributed by atoms with Gasteiger partial charge in [0.2, 0.25) is 5.75 Å². The fourth-order valence-corrected chi connectivity index (χ4v) is 4.27. The first-order chi connectivity index (χ1) is 18.3. The highest BCUT2D eigenvalue weighted by atomic mass is 19.1. The number of aromatic hydroxyl groups is 1. The van der Waals surface area contributed by atoms with Gasteiger partial charge in [-0.1, -0.05) is 12.2 Å². The van der Waals surface area contributed by atoms with Crippen molar-refractivity contribution in [1.29, 1.82) is 0 Å². The van der Waals surface area contributed by atoms with Gasteiger partial charge in [0.05, 0.1) is 35.5 Å². The van der Waals surface area contributed by atoms with Crippen molar-refractivity contribution < 1.29 is 38.0 Å². The Morgan fingerprint density at radius 2 is 1.53 bits per heavy atom. The molecule has 0 bridgehead atoms. The Labute approximate surface area is 220 Å². The first-order valence-corrected chi connectivity index (χ1v) is 11.9. The maximum Gasteiger partial charge on any atom is 0.203 e. The van der Waals surface area contributed by atoms with Crippen molar-refractivity contribution in [3.8, 4) is 34.5 Å². The highest BCUT2D eigenvalue weighted by Gasteiger charge is 2.43. The number of anilines is 1. The summed E-state index contributed by atoms with van der Waals surface area (Å²) in [6.45, 7) is 0. The van der Waals surface area contributed by atoms with Gasteiger partial charge in [-0.15, -0.1) is 0 Å². The SMILES string of the molecule is COc1cc(NC2CC2C(=O)c2ccc(OC)c(F)c2)c(/C=C\c2cc(OC)c(OC)c(OC)c2)cc1O. The third kappa shape index (κ3) is 5.46. The van der Waals surface area contributed by atoms with Crippen molar-refractivity contribution >= 4 is 23.6 Å². The van der Waals surface area contributed by atoms with Crippen molar-refractivity contribution in [3.05, 3.63) is 65.0 Å². The highest BCUT2D eigenvalue weighted by Crippen LogP contribution is 2.42. The second-order valence-electron chi connectivity index (χ2n) is 8.71. The summed E-state index contributed by atoms with van der Waals surface area (Å²) >= 11 is 0. The molecular formula is C29H30FNO7. The molecule has 38 heavy (non-hydrogen) atoms. The molecule has 1 aliphatic carbocycles. The minimum Gasteiger partial charge on any atom is -0.504 e. The van der Waals surface area contributed by atoms with Gasteiger partial charge < -0.3 is 34.1 Å². The fraction of sp³-hybridized carbons (Fsp3) is 0.276. The van der Waals surface area contributed by atoms with Crippen LogP contribution in [0.25, 0.3) is 12.2 Å². The van der Waals surface area contributed by atoms with Crippen LogP contribution in [0.2, 0.25) is 0 Å². The minimum atomic E-state index is -0.578. The second-order valence-corrected chi connectivity index (χ2v) is 8.71. The van der Waals surface area contributed by atoms with Crippen LogP contribution in [-0.2, 0) is 0 Å². The molecular weight excluding hydrogens is 493 g/mol. The summed E-state index contributed by atoms with van der Waals surface area (Å²) in [5, 5.41) is 13.8. The van der Waals surface area contributed by atoms with E-state index in [-0.39, 0.29) is 35.0 Å². The maximum atomic E-state index is 14.1. The van der Waals surface area contributed by atoms with E-state index in [1.807, 2.05) is 12.2 Å². The van der Waals surface area contributed by atoms with Gasteiger partial charge >= 0.3 is 0 Å². The lowest BCUT2D eigenvalue weighted by Crippen LogP contribution is -2.12. The molecule has 0 saturated heterocycles. The Kier molecular flexibility index (Phi) is 7.95. The number of Topliss-reactive ketones (excluding diaryl/α,β-unsaturated/α-hetero) is 1. The van der Waals surface area contributed by atoms with Gasteiger partial charge in [-0.2, -0.15) is 0 Å². The van der Waals surface area contributed by atoms with E-state index in [2.05, 4.69) is 5.32 Å². The summed E-state index contributed by atoms with van der Waals surface area (Å²) < 4.78 is 40.6. The summed E-state index contributed by atoms with van der Waals surface area (Å²) in [5.74, 6) is 0.820. The number of methoxy groups -OCH3 is 5. The molecule has 4 rings (SSSR count). The van der Waals surface area contributed by atoms with E-state index in [9.17, 15) is 14.3 Å². The van der Waals surface area contributed by atoms with E-state index in [4.69, 9.17) is 23.7 Å². The number of phenols is 1. The van der Waals surface area contributed by atoms with Crippen LogP contribution in [0.5, 0.6) is 34.5 Å². The van der Waals surface area contributed by atoms with Crippen molar-refractivity contribution in [2.45, 2.75) is 12.5 Å². The monoisotopic (exact) mass is 523 g/mol. The number of carbonyl (C=O) groups is 1. The van der Waals surface area contributed by atoms with E-state index in [0.29, 0.717) is 40.5 Å². The van der Waals surface area contributed by atoms with Crippen LogP contribution in [0.3, 0.4) is 0 Å². The van der Waals surface area contributed by atoms with Crippen molar-refractivity contribution in [2.75, 3.05) is 40.9 Å². The standard InChI is InChI=1S/C29H30FNO7/c1-34-24-9-8-18(12-20(24)30)28(33)19-14-22(19)31-21-15-25(35-2)23(32)13-17(21)7-6-16-10-26(36-3)29(38-5)27(11-16)37-4/h6-13,15,19,22,31-32H,14H2,1-5H3/b7-6-. The molecule has 2 atom stereocenters. The molecule has 0 radical (unpaired) electrons. The van der Waals surface area contributed by atoms with Gasteiger partial charge in [-0.25, -0.2) is 4.39 Å². The van der Waals surface area contributed by atoms with Gasteiger partial charge in [0.25, 0.3) is 0 Å². The zero-order valence-corrected chi connectivity index (χ0v) is 21.8. The number of hydrogen-bond acceptors (Lipinski definition) is 8. The number of nitrogens with one attached hydrogen (secondary N) is 1. The molecule has 0 spiro atoms. The molecule has 8 nitrogen and oxygen atoms in total. The first-order valence-electron chi connectivity index (χ1n) is 11.9. The molecule has 0 heterocycles. The topological polar surface area (TPSA) is 95.5 Å². The molecule has 1 aliphatic rings. The summed E-state index contributed by atoms with van der Waals surface area (Å²) in [6, 6.07) is 10.9. The quantitative estimate of drug-likeness (QED) is 0.195. The van der Waals surface area contributed by atoms with Gasteiger partial charge in [0.15, 0.2) is 40.3 Å². The van der Waals surface area contributed by atoms with Crippen LogP contribution < -0.4 is 29.0 Å². The number of ketones is 1. The Bertz CT molecular complexity index is 1350. The molecule has 1 fully saturated rings. The smallest absolute Gasteiger partial charge is 0.203 e. The lowest BCUT2D eigenvalue weighted by Gasteiger charge is -2.14. The van der Waals surface area contributed by atoms with E-state index >= 15 is 0 Å². The zero-order chi connectivity index (χ0) is 27.4. The summed E-state index contributed by atoms with van der Waals surface area (Å²) in [6.07, 6.45) is 4.25. The summed E-state index contributed by atoms with van der Waals surface area (Å²) in [5.41, 5.74) is 2.42. The first kappa shape index (κ1) is 26.7. The van der Waals surface area contributed by atoms with E-state index in [1.165, 1.54) is 33.5 Å². The van der Waals surface area contributed by atoms with E-state index in [1.54, 1.807) is 44.6 Å². The average molecular weight is 524 g/mol. The number of hydrogen-bond donors (Lipinski definition) is 2. The molecule has 3 aromatic rings. The number of rotatable bonds is 11. The van der Waals surface area contributed by atoms with Crippen LogP contribution in [0.1, 0.15) is 27.9 Å². The number of ether oxygens (including phenoxy) is 5. The van der Waals surface area contributed by atoms with Crippen LogP contribution >= 0.6 is 0 Å². The van der Waals surface area contributed by atoms with Gasteiger partial charge in [0, 0.05) is 34.8 Å². The molecule has 9 heteroatoms. The predicted octanol–water partition coefficient (Wildman–Crippen LogP) is 5.43. The van der Waals surface area contributed by atoms with Crippen molar-refractivity contribution in [1.82, 2.24) is 0 Å². The zero-order valence-electron chi connectivity index (χ0n) is 21.8. The Balaban J connectivity index is 1.58. The lowest BCUT2D eigenvalue weighted by molar-refractivity contribution is 0.0966. The highest BCUT2D eigenvalue weighted by molar-refractivity contribution is 6.00. The molecule has 0 amide bonds.